The van der Waals surface area contributed by atoms with Crippen molar-refractivity contribution in [2.75, 3.05) is 25.9 Å². The number of carbonyl (C=O) groups excluding carboxylic acids is 1. The number of carboxylic acid groups (broad SMARTS) is 1. The van der Waals surface area contributed by atoms with Crippen molar-refractivity contribution in [3.8, 4) is 0 Å². The van der Waals surface area contributed by atoms with Crippen LogP contribution >= 0.6 is 0 Å². The second-order valence-corrected chi connectivity index (χ2v) is 7.22. The average Bonchev–Trinajstić information content (AvgIpc) is 2.35. The maximum atomic E-state index is 11.8. The molecule has 1 atom stereocenters. The molecule has 9 heteroatoms. The molecule has 0 spiro atoms. The van der Waals surface area contributed by atoms with Crippen molar-refractivity contribution in [3.05, 3.63) is 0 Å². The number of carboxylic acids is 1. The van der Waals surface area contributed by atoms with E-state index in [4.69, 9.17) is 5.11 Å². The van der Waals surface area contributed by atoms with Crippen LogP contribution in [0.3, 0.4) is 0 Å². The Morgan fingerprint density at radius 3 is 2.25 bits per heavy atom. The van der Waals surface area contributed by atoms with E-state index in [1.54, 1.807) is 0 Å². The van der Waals surface area contributed by atoms with Gasteiger partial charge in [0.2, 0.25) is 15.9 Å². The Morgan fingerprint density at radius 1 is 1.35 bits per heavy atom. The summed E-state index contributed by atoms with van der Waals surface area (Å²) < 4.78 is 24.0. The molecule has 3 N–H and O–H groups in total. The molecule has 0 saturated carbocycles. The van der Waals surface area contributed by atoms with E-state index in [0.717, 1.165) is 13.2 Å². The lowest BCUT2D eigenvalue weighted by Crippen LogP contribution is -2.49. The van der Waals surface area contributed by atoms with Crippen LogP contribution in [-0.4, -0.2) is 66.3 Å². The third kappa shape index (κ3) is 4.43. The minimum Gasteiger partial charge on any atom is -0.479 e. The van der Waals surface area contributed by atoms with Gasteiger partial charge in [-0.2, -0.15) is 0 Å². The number of rotatable bonds is 5. The fourth-order valence-corrected chi connectivity index (χ4v) is 2.80. The van der Waals surface area contributed by atoms with E-state index in [2.05, 4.69) is 5.32 Å². The highest BCUT2D eigenvalue weighted by molar-refractivity contribution is 7.88. The van der Waals surface area contributed by atoms with Crippen LogP contribution in [0.4, 0.5) is 0 Å². The standard InChI is InChI=1S/C11H20N2O6S/c1-11(17,10(15)16)7-12-9(14)8-3-5-13(6-4-8)20(2,18)19/h8,17H,3-7H2,1-2H3,(H,12,14)(H,15,16). The van der Waals surface area contributed by atoms with Crippen LogP contribution in [0.15, 0.2) is 0 Å². The predicted molar refractivity (Wildman–Crippen MR) is 70.4 cm³/mol. The van der Waals surface area contributed by atoms with E-state index < -0.39 is 21.6 Å². The lowest BCUT2D eigenvalue weighted by molar-refractivity contribution is -0.156. The summed E-state index contributed by atoms with van der Waals surface area (Å²) in [5, 5.41) is 20.6. The topological polar surface area (TPSA) is 124 Å². The zero-order valence-electron chi connectivity index (χ0n) is 11.5. The van der Waals surface area contributed by atoms with Crippen LogP contribution in [0, 0.1) is 5.92 Å². The molecule has 1 heterocycles. The molecule has 1 rings (SSSR count). The third-order valence-corrected chi connectivity index (χ3v) is 4.66. The van der Waals surface area contributed by atoms with Crippen LogP contribution in [0.1, 0.15) is 19.8 Å². The zero-order valence-corrected chi connectivity index (χ0v) is 12.3. The molecular weight excluding hydrogens is 288 g/mol. The third-order valence-electron chi connectivity index (χ3n) is 3.36. The number of piperidine rings is 1. The van der Waals surface area contributed by atoms with Crippen molar-refractivity contribution in [2.45, 2.75) is 25.4 Å². The molecule has 20 heavy (non-hydrogen) atoms. The van der Waals surface area contributed by atoms with E-state index in [1.807, 2.05) is 0 Å². The summed E-state index contributed by atoms with van der Waals surface area (Å²) in [4.78, 5) is 22.5. The molecular formula is C11H20N2O6S. The van der Waals surface area contributed by atoms with Gasteiger partial charge in [-0.3, -0.25) is 4.79 Å². The fraction of sp³-hybridized carbons (Fsp3) is 0.818. The molecule has 0 radical (unpaired) electrons. The van der Waals surface area contributed by atoms with Gasteiger partial charge in [0.05, 0.1) is 12.8 Å². The van der Waals surface area contributed by atoms with Gasteiger partial charge in [0.1, 0.15) is 0 Å². The molecule has 0 aromatic carbocycles. The normalized spacial score (nSPS) is 21.1. The Balaban J connectivity index is 2.46. The Kier molecular flexibility index (Phi) is 5.11. The van der Waals surface area contributed by atoms with E-state index in [1.165, 1.54) is 4.31 Å². The maximum absolute atomic E-state index is 11.8. The Labute approximate surface area is 117 Å². The van der Waals surface area contributed by atoms with Crippen molar-refractivity contribution in [1.29, 1.82) is 0 Å². The van der Waals surface area contributed by atoms with Gasteiger partial charge in [-0.05, 0) is 19.8 Å². The minimum absolute atomic E-state index is 0.270. The van der Waals surface area contributed by atoms with Gasteiger partial charge in [0.25, 0.3) is 0 Å². The fourth-order valence-electron chi connectivity index (χ4n) is 1.93. The first-order chi connectivity index (χ1) is 9.04. The number of nitrogens with one attached hydrogen (secondary N) is 1. The highest BCUT2D eigenvalue weighted by Crippen LogP contribution is 2.19. The second-order valence-electron chi connectivity index (χ2n) is 5.23. The van der Waals surface area contributed by atoms with Crippen LogP contribution in [0.5, 0.6) is 0 Å². The van der Waals surface area contributed by atoms with Gasteiger partial charge < -0.3 is 15.5 Å². The molecule has 1 saturated heterocycles. The number of aliphatic carboxylic acids is 1. The summed E-state index contributed by atoms with van der Waals surface area (Å²) in [5.41, 5.74) is -2.01. The molecule has 0 aromatic rings. The molecule has 1 aliphatic rings. The van der Waals surface area contributed by atoms with Gasteiger partial charge in [-0.1, -0.05) is 0 Å². The molecule has 0 aliphatic carbocycles. The summed E-state index contributed by atoms with van der Waals surface area (Å²) in [6.07, 6.45) is 1.89. The number of hydrogen-bond donors (Lipinski definition) is 3. The maximum Gasteiger partial charge on any atom is 0.337 e. The molecule has 116 valence electrons. The summed E-state index contributed by atoms with van der Waals surface area (Å²) >= 11 is 0. The molecule has 1 aliphatic heterocycles. The highest BCUT2D eigenvalue weighted by atomic mass is 32.2. The first kappa shape index (κ1) is 16.9. The van der Waals surface area contributed by atoms with Gasteiger partial charge >= 0.3 is 5.97 Å². The first-order valence-electron chi connectivity index (χ1n) is 6.22. The average molecular weight is 308 g/mol. The lowest BCUT2D eigenvalue weighted by Gasteiger charge is -2.30. The summed E-state index contributed by atoms with van der Waals surface area (Å²) in [7, 11) is -3.24. The molecule has 1 amide bonds. The molecule has 1 fully saturated rings. The minimum atomic E-state index is -3.24. The van der Waals surface area contributed by atoms with E-state index in [0.29, 0.717) is 12.8 Å². The number of amides is 1. The van der Waals surface area contributed by atoms with Crippen LogP contribution in [0.25, 0.3) is 0 Å². The SMILES string of the molecule is CC(O)(CNC(=O)C1CCN(S(C)(=O)=O)CC1)C(=O)O. The van der Waals surface area contributed by atoms with Crippen molar-refractivity contribution in [1.82, 2.24) is 9.62 Å². The quantitative estimate of drug-likeness (QED) is 0.574. The number of aliphatic hydroxyl groups is 1. The van der Waals surface area contributed by atoms with Crippen molar-refractivity contribution < 1.29 is 28.2 Å². The Morgan fingerprint density at radius 2 is 1.85 bits per heavy atom. The zero-order chi connectivity index (χ0) is 15.6. The molecule has 1 unspecified atom stereocenters. The van der Waals surface area contributed by atoms with E-state index in [-0.39, 0.29) is 31.5 Å². The lowest BCUT2D eigenvalue weighted by atomic mass is 9.97. The van der Waals surface area contributed by atoms with Crippen molar-refractivity contribution >= 4 is 21.9 Å². The number of carbonyl (C=O) groups is 2. The summed E-state index contributed by atoms with van der Waals surface area (Å²) in [6.45, 7) is 1.26. The van der Waals surface area contributed by atoms with Gasteiger partial charge in [-0.15, -0.1) is 0 Å². The van der Waals surface area contributed by atoms with Crippen LogP contribution < -0.4 is 5.32 Å². The van der Waals surface area contributed by atoms with Crippen molar-refractivity contribution in [3.63, 3.8) is 0 Å². The Hall–Kier alpha value is -1.19. The number of hydrogen-bond acceptors (Lipinski definition) is 5. The summed E-state index contributed by atoms with van der Waals surface area (Å²) in [6, 6.07) is 0. The van der Waals surface area contributed by atoms with E-state index >= 15 is 0 Å². The van der Waals surface area contributed by atoms with Gasteiger partial charge in [0.15, 0.2) is 5.60 Å². The molecule has 0 bridgehead atoms. The second kappa shape index (κ2) is 6.06. The largest absolute Gasteiger partial charge is 0.479 e. The van der Waals surface area contributed by atoms with Gasteiger partial charge in [-0.25, -0.2) is 17.5 Å². The predicted octanol–water partition coefficient (Wildman–Crippen LogP) is -1.39. The first-order valence-corrected chi connectivity index (χ1v) is 8.07. The number of nitrogens with zero attached hydrogens (tertiary/aromatic N) is 1. The molecule has 8 nitrogen and oxygen atoms in total. The smallest absolute Gasteiger partial charge is 0.337 e. The van der Waals surface area contributed by atoms with Crippen LogP contribution in [-0.2, 0) is 19.6 Å². The van der Waals surface area contributed by atoms with E-state index in [9.17, 15) is 23.1 Å². The van der Waals surface area contributed by atoms with Crippen molar-refractivity contribution in [2.24, 2.45) is 5.92 Å². The number of sulfonamides is 1. The Bertz CT molecular complexity index is 479. The van der Waals surface area contributed by atoms with Crippen LogP contribution in [0.2, 0.25) is 0 Å². The van der Waals surface area contributed by atoms with Gasteiger partial charge in [0, 0.05) is 19.0 Å². The molecule has 0 aromatic heterocycles. The monoisotopic (exact) mass is 308 g/mol. The highest BCUT2D eigenvalue weighted by Gasteiger charge is 2.33. The summed E-state index contributed by atoms with van der Waals surface area (Å²) in [5.74, 6) is -2.14.